The van der Waals surface area contributed by atoms with Gasteiger partial charge in [0, 0.05) is 12.1 Å². The summed E-state index contributed by atoms with van der Waals surface area (Å²) in [6, 6.07) is 7.29. The van der Waals surface area contributed by atoms with Gasteiger partial charge in [0.1, 0.15) is 16.6 Å². The molecule has 1 fully saturated rings. The van der Waals surface area contributed by atoms with Crippen LogP contribution in [0.25, 0.3) is 0 Å². The van der Waals surface area contributed by atoms with E-state index in [1.54, 1.807) is 37.8 Å². The predicted molar refractivity (Wildman–Crippen MR) is 131 cm³/mol. The second-order valence-electron chi connectivity index (χ2n) is 10.8. The number of likely N-dealkylation sites (tertiary alicyclic amines) is 1. The van der Waals surface area contributed by atoms with E-state index in [2.05, 4.69) is 4.99 Å². The normalized spacial score (nSPS) is 22.6. The van der Waals surface area contributed by atoms with E-state index in [0.717, 1.165) is 23.3 Å². The number of ether oxygens (including phenoxy) is 2. The van der Waals surface area contributed by atoms with Crippen molar-refractivity contribution in [2.45, 2.75) is 56.6 Å². The standard InChI is InChI=1S/C26H24Cl2F4N2O3/c1-23(2,3)37-22(35)34-12-25(13-34)17-5-4-14(6-15(17)10-36-25)20-9-24(11-33-20,26(30,31)32)16-7-18(27)21(29)19(28)8-16/h4-8H,9-13H2,1-3H3. The molecule has 0 bridgehead atoms. The zero-order valence-electron chi connectivity index (χ0n) is 20.3. The minimum atomic E-state index is -4.68. The average Bonchev–Trinajstić information content (AvgIpc) is 3.37. The fraction of sp³-hybridized carbons (Fsp3) is 0.462. The summed E-state index contributed by atoms with van der Waals surface area (Å²) in [7, 11) is 0. The fourth-order valence-corrected chi connectivity index (χ4v) is 5.61. The smallest absolute Gasteiger partial charge is 0.410 e. The number of amides is 1. The summed E-state index contributed by atoms with van der Waals surface area (Å²) in [6.07, 6.45) is -5.54. The monoisotopic (exact) mass is 558 g/mol. The minimum Gasteiger partial charge on any atom is -0.444 e. The molecule has 1 saturated heterocycles. The van der Waals surface area contributed by atoms with E-state index >= 15 is 0 Å². The van der Waals surface area contributed by atoms with Crippen LogP contribution in [0.4, 0.5) is 22.4 Å². The maximum absolute atomic E-state index is 14.4. The van der Waals surface area contributed by atoms with E-state index in [-0.39, 0.29) is 17.9 Å². The topological polar surface area (TPSA) is 51.1 Å². The molecular weight excluding hydrogens is 535 g/mol. The molecule has 198 valence electrons. The van der Waals surface area contributed by atoms with Gasteiger partial charge in [0.2, 0.25) is 0 Å². The second-order valence-corrected chi connectivity index (χ2v) is 11.6. The average molecular weight is 559 g/mol. The van der Waals surface area contributed by atoms with Crippen LogP contribution in [0.3, 0.4) is 0 Å². The number of halogens is 6. The zero-order chi connectivity index (χ0) is 27.0. The lowest BCUT2D eigenvalue weighted by Crippen LogP contribution is -2.61. The summed E-state index contributed by atoms with van der Waals surface area (Å²) in [5.41, 5.74) is -1.30. The molecule has 2 aromatic rings. The van der Waals surface area contributed by atoms with Gasteiger partial charge in [-0.15, -0.1) is 0 Å². The zero-order valence-corrected chi connectivity index (χ0v) is 21.8. The van der Waals surface area contributed by atoms with Gasteiger partial charge in [-0.25, -0.2) is 9.18 Å². The molecule has 3 heterocycles. The van der Waals surface area contributed by atoms with Gasteiger partial charge < -0.3 is 14.4 Å². The van der Waals surface area contributed by atoms with Gasteiger partial charge >= 0.3 is 12.3 Å². The number of aliphatic imine (C=N–C) groups is 1. The highest BCUT2D eigenvalue weighted by Crippen LogP contribution is 2.50. The molecular formula is C26H24Cl2F4N2O3. The van der Waals surface area contributed by atoms with Crippen molar-refractivity contribution in [2.24, 2.45) is 4.99 Å². The van der Waals surface area contributed by atoms with Gasteiger partial charge in [-0.05, 0) is 61.2 Å². The van der Waals surface area contributed by atoms with Crippen LogP contribution in [0, 0.1) is 5.82 Å². The van der Waals surface area contributed by atoms with E-state index in [9.17, 15) is 22.4 Å². The van der Waals surface area contributed by atoms with Gasteiger partial charge in [-0.3, -0.25) is 4.99 Å². The summed E-state index contributed by atoms with van der Waals surface area (Å²) < 4.78 is 68.6. The second kappa shape index (κ2) is 8.58. The molecule has 3 aliphatic heterocycles. The Morgan fingerprint density at radius 2 is 1.76 bits per heavy atom. The summed E-state index contributed by atoms with van der Waals surface area (Å²) in [6.45, 7) is 5.75. The summed E-state index contributed by atoms with van der Waals surface area (Å²) in [5, 5.41) is -0.944. The van der Waals surface area contributed by atoms with E-state index < -0.39 is 57.7 Å². The first-order valence-corrected chi connectivity index (χ1v) is 12.4. The Bertz CT molecular complexity index is 1290. The highest BCUT2D eigenvalue weighted by atomic mass is 35.5. The van der Waals surface area contributed by atoms with Gasteiger partial charge in [0.25, 0.3) is 0 Å². The number of alkyl halides is 3. The molecule has 0 radical (unpaired) electrons. The van der Waals surface area contributed by atoms with Crippen molar-refractivity contribution in [3.05, 3.63) is 68.4 Å². The number of rotatable bonds is 2. The molecule has 2 aromatic carbocycles. The molecule has 11 heteroatoms. The van der Waals surface area contributed by atoms with Crippen LogP contribution in [0.5, 0.6) is 0 Å². The van der Waals surface area contributed by atoms with E-state index in [0.29, 0.717) is 18.7 Å². The quantitative estimate of drug-likeness (QED) is 0.301. The number of nitrogens with zero attached hydrogens (tertiary/aromatic N) is 2. The Hall–Kier alpha value is -2.36. The Morgan fingerprint density at radius 3 is 2.35 bits per heavy atom. The fourth-order valence-electron chi connectivity index (χ4n) is 5.12. The van der Waals surface area contributed by atoms with Crippen molar-refractivity contribution >= 4 is 35.0 Å². The van der Waals surface area contributed by atoms with Gasteiger partial charge in [-0.1, -0.05) is 35.3 Å². The molecule has 1 spiro atoms. The van der Waals surface area contributed by atoms with Crippen LogP contribution >= 0.6 is 23.2 Å². The lowest BCUT2D eigenvalue weighted by atomic mass is 9.76. The third-order valence-corrected chi connectivity index (χ3v) is 7.62. The van der Waals surface area contributed by atoms with Gasteiger partial charge in [0.15, 0.2) is 5.82 Å². The van der Waals surface area contributed by atoms with Crippen molar-refractivity contribution in [1.29, 1.82) is 0 Å². The van der Waals surface area contributed by atoms with Crippen LogP contribution in [0.15, 0.2) is 35.3 Å². The maximum atomic E-state index is 14.4. The molecule has 0 N–H and O–H groups in total. The first kappa shape index (κ1) is 26.3. The molecule has 37 heavy (non-hydrogen) atoms. The first-order chi connectivity index (χ1) is 17.1. The number of fused-ring (bicyclic) bond motifs is 2. The van der Waals surface area contributed by atoms with Gasteiger partial charge in [0.05, 0.1) is 36.3 Å². The molecule has 0 aromatic heterocycles. The summed E-state index contributed by atoms with van der Waals surface area (Å²) >= 11 is 11.6. The minimum absolute atomic E-state index is 0.227. The predicted octanol–water partition coefficient (Wildman–Crippen LogP) is 6.80. The molecule has 5 nitrogen and oxygen atoms in total. The number of carbonyl (C=O) groups is 1. The number of hydrogen-bond donors (Lipinski definition) is 0. The highest BCUT2D eigenvalue weighted by molar-refractivity contribution is 6.35. The largest absolute Gasteiger partial charge is 0.444 e. The first-order valence-electron chi connectivity index (χ1n) is 11.6. The third kappa shape index (κ3) is 4.38. The Kier molecular flexibility index (Phi) is 6.09. The SMILES string of the molecule is CC(C)(C)OC(=O)N1CC2(C1)OCc1cc(C3=NCC(c4cc(Cl)c(F)c(Cl)c4)(C(F)(F)F)C3)ccc12. The maximum Gasteiger partial charge on any atom is 0.410 e. The van der Waals surface area contributed by atoms with E-state index in [1.807, 2.05) is 6.07 Å². The van der Waals surface area contributed by atoms with Crippen LogP contribution < -0.4 is 0 Å². The van der Waals surface area contributed by atoms with Crippen molar-refractivity contribution in [1.82, 2.24) is 4.90 Å². The Labute approximate surface area is 221 Å². The highest BCUT2D eigenvalue weighted by Gasteiger charge is 2.59. The van der Waals surface area contributed by atoms with E-state index in [1.165, 1.54) is 0 Å². The number of carbonyl (C=O) groups excluding carboxylic acids is 1. The third-order valence-electron chi connectivity index (χ3n) is 7.07. The Morgan fingerprint density at radius 1 is 1.11 bits per heavy atom. The molecule has 1 amide bonds. The molecule has 5 rings (SSSR count). The van der Waals surface area contributed by atoms with Crippen molar-refractivity contribution in [3.8, 4) is 0 Å². The molecule has 3 aliphatic rings. The van der Waals surface area contributed by atoms with Crippen LogP contribution in [0.2, 0.25) is 10.0 Å². The van der Waals surface area contributed by atoms with Gasteiger partial charge in [-0.2, -0.15) is 13.2 Å². The lowest BCUT2D eigenvalue weighted by molar-refractivity contribution is -0.183. The summed E-state index contributed by atoms with van der Waals surface area (Å²) in [5.74, 6) is -0.961. The van der Waals surface area contributed by atoms with Crippen molar-refractivity contribution < 1.29 is 31.8 Å². The molecule has 0 saturated carbocycles. The number of benzene rings is 2. The van der Waals surface area contributed by atoms with Crippen molar-refractivity contribution in [3.63, 3.8) is 0 Å². The van der Waals surface area contributed by atoms with Crippen molar-refractivity contribution in [2.75, 3.05) is 19.6 Å². The number of hydrogen-bond acceptors (Lipinski definition) is 4. The van der Waals surface area contributed by atoms with Crippen LogP contribution in [-0.2, 0) is 27.1 Å². The summed E-state index contributed by atoms with van der Waals surface area (Å²) in [4.78, 5) is 18.2. The molecule has 1 atom stereocenters. The Balaban J connectivity index is 1.37. The van der Waals surface area contributed by atoms with Crippen LogP contribution in [-0.4, -0.2) is 48.1 Å². The molecule has 1 unspecified atom stereocenters. The molecule has 0 aliphatic carbocycles. The lowest BCUT2D eigenvalue weighted by Gasteiger charge is -2.47. The van der Waals surface area contributed by atoms with Crippen LogP contribution in [0.1, 0.15) is 49.4 Å². The van der Waals surface area contributed by atoms with E-state index in [4.69, 9.17) is 32.7 Å².